The zero-order valence-electron chi connectivity index (χ0n) is 12.5. The third-order valence-corrected chi connectivity index (χ3v) is 4.12. The van der Waals surface area contributed by atoms with Crippen molar-refractivity contribution < 1.29 is 9.53 Å². The Morgan fingerprint density at radius 2 is 1.80 bits per heavy atom. The molecule has 1 saturated carbocycles. The summed E-state index contributed by atoms with van der Waals surface area (Å²) >= 11 is 0. The fourth-order valence-electron chi connectivity index (χ4n) is 2.77. The SMILES string of the molecule is CN(C)CCOc1ccc(C2CCC(C=O)CC2)cc1. The van der Waals surface area contributed by atoms with Gasteiger partial charge in [-0.1, -0.05) is 12.1 Å². The summed E-state index contributed by atoms with van der Waals surface area (Å²) in [4.78, 5) is 12.9. The number of hydrogen-bond acceptors (Lipinski definition) is 3. The second-order valence-electron chi connectivity index (χ2n) is 5.97. The number of ether oxygens (including phenoxy) is 1. The molecule has 1 aliphatic rings. The van der Waals surface area contributed by atoms with E-state index in [0.717, 1.165) is 50.9 Å². The summed E-state index contributed by atoms with van der Waals surface area (Å²) < 4.78 is 5.71. The third kappa shape index (κ3) is 4.34. The molecular weight excluding hydrogens is 250 g/mol. The molecule has 20 heavy (non-hydrogen) atoms. The van der Waals surface area contributed by atoms with E-state index in [1.807, 2.05) is 14.1 Å². The second kappa shape index (κ2) is 7.44. The van der Waals surface area contributed by atoms with Crippen LogP contribution in [0, 0.1) is 5.92 Å². The topological polar surface area (TPSA) is 29.5 Å². The summed E-state index contributed by atoms with van der Waals surface area (Å²) in [7, 11) is 4.09. The lowest BCUT2D eigenvalue weighted by atomic mass is 9.79. The second-order valence-corrected chi connectivity index (χ2v) is 5.97. The van der Waals surface area contributed by atoms with Gasteiger partial charge in [-0.05, 0) is 63.4 Å². The van der Waals surface area contributed by atoms with E-state index in [2.05, 4.69) is 29.2 Å². The molecule has 0 aliphatic heterocycles. The van der Waals surface area contributed by atoms with Crippen molar-refractivity contribution in [3.8, 4) is 5.75 Å². The zero-order valence-corrected chi connectivity index (χ0v) is 12.5. The molecule has 0 amide bonds. The van der Waals surface area contributed by atoms with Crippen molar-refractivity contribution in [1.29, 1.82) is 0 Å². The van der Waals surface area contributed by atoms with Gasteiger partial charge < -0.3 is 14.4 Å². The van der Waals surface area contributed by atoms with E-state index in [0.29, 0.717) is 11.8 Å². The Bertz CT molecular complexity index is 406. The Hall–Kier alpha value is -1.35. The molecule has 3 heteroatoms. The van der Waals surface area contributed by atoms with Crippen molar-refractivity contribution in [3.05, 3.63) is 29.8 Å². The smallest absolute Gasteiger partial charge is 0.123 e. The van der Waals surface area contributed by atoms with Crippen LogP contribution in [-0.4, -0.2) is 38.4 Å². The largest absolute Gasteiger partial charge is 0.492 e. The van der Waals surface area contributed by atoms with Crippen molar-refractivity contribution >= 4 is 6.29 Å². The number of benzene rings is 1. The normalized spacial score (nSPS) is 22.8. The maximum Gasteiger partial charge on any atom is 0.123 e. The van der Waals surface area contributed by atoms with Crippen LogP contribution in [0.5, 0.6) is 5.75 Å². The quantitative estimate of drug-likeness (QED) is 0.747. The minimum Gasteiger partial charge on any atom is -0.492 e. The molecule has 1 aliphatic carbocycles. The molecule has 1 fully saturated rings. The minimum absolute atomic E-state index is 0.292. The molecule has 0 spiro atoms. The fourth-order valence-corrected chi connectivity index (χ4v) is 2.77. The molecule has 0 atom stereocenters. The number of carbonyl (C=O) groups excluding carboxylic acids is 1. The summed E-state index contributed by atoms with van der Waals surface area (Å²) in [6, 6.07) is 8.49. The van der Waals surface area contributed by atoms with E-state index in [1.165, 1.54) is 5.56 Å². The van der Waals surface area contributed by atoms with Crippen LogP contribution in [0.3, 0.4) is 0 Å². The first-order valence-electron chi connectivity index (χ1n) is 7.52. The number of rotatable bonds is 6. The van der Waals surface area contributed by atoms with Gasteiger partial charge in [-0.3, -0.25) is 0 Å². The standard InChI is InChI=1S/C17H25NO2/c1-18(2)11-12-20-17-9-7-16(8-10-17)15-5-3-14(13-19)4-6-15/h7-10,13-15H,3-6,11-12H2,1-2H3. The van der Waals surface area contributed by atoms with Gasteiger partial charge in [0, 0.05) is 12.5 Å². The van der Waals surface area contributed by atoms with Gasteiger partial charge in [0.25, 0.3) is 0 Å². The van der Waals surface area contributed by atoms with Gasteiger partial charge in [0.2, 0.25) is 0 Å². The maximum absolute atomic E-state index is 10.8. The molecule has 0 heterocycles. The molecular formula is C17H25NO2. The Morgan fingerprint density at radius 3 is 2.35 bits per heavy atom. The monoisotopic (exact) mass is 275 g/mol. The van der Waals surface area contributed by atoms with Crippen LogP contribution < -0.4 is 4.74 Å². The van der Waals surface area contributed by atoms with Crippen molar-refractivity contribution in [2.75, 3.05) is 27.2 Å². The third-order valence-electron chi connectivity index (χ3n) is 4.12. The van der Waals surface area contributed by atoms with Gasteiger partial charge in [0.05, 0.1) is 0 Å². The Labute approximate surface area is 121 Å². The van der Waals surface area contributed by atoms with Crippen molar-refractivity contribution in [3.63, 3.8) is 0 Å². The van der Waals surface area contributed by atoms with E-state index in [4.69, 9.17) is 4.74 Å². The minimum atomic E-state index is 0.292. The Kier molecular flexibility index (Phi) is 5.60. The highest BCUT2D eigenvalue weighted by atomic mass is 16.5. The average molecular weight is 275 g/mol. The molecule has 1 aromatic rings. The first kappa shape index (κ1) is 15.0. The van der Waals surface area contributed by atoms with E-state index in [9.17, 15) is 4.79 Å². The first-order chi connectivity index (χ1) is 9.69. The van der Waals surface area contributed by atoms with Gasteiger partial charge in [-0.2, -0.15) is 0 Å². The van der Waals surface area contributed by atoms with E-state index in [1.54, 1.807) is 0 Å². The lowest BCUT2D eigenvalue weighted by Crippen LogP contribution is -2.19. The first-order valence-corrected chi connectivity index (χ1v) is 7.52. The number of aldehydes is 1. The van der Waals surface area contributed by atoms with Crippen LogP contribution in [0.2, 0.25) is 0 Å². The molecule has 1 aromatic carbocycles. The maximum atomic E-state index is 10.8. The highest BCUT2D eigenvalue weighted by Gasteiger charge is 2.21. The molecule has 0 unspecified atom stereocenters. The molecule has 0 bridgehead atoms. The summed E-state index contributed by atoms with van der Waals surface area (Å²) in [5, 5.41) is 0. The van der Waals surface area contributed by atoms with Crippen LogP contribution in [-0.2, 0) is 4.79 Å². The number of carbonyl (C=O) groups is 1. The van der Waals surface area contributed by atoms with Crippen LogP contribution >= 0.6 is 0 Å². The number of likely N-dealkylation sites (N-methyl/N-ethyl adjacent to an activating group) is 1. The van der Waals surface area contributed by atoms with E-state index >= 15 is 0 Å². The summed E-state index contributed by atoms with van der Waals surface area (Å²) in [5.41, 5.74) is 1.38. The van der Waals surface area contributed by atoms with Crippen LogP contribution in [0.15, 0.2) is 24.3 Å². The van der Waals surface area contributed by atoms with Gasteiger partial charge >= 0.3 is 0 Å². The molecule has 0 saturated heterocycles. The molecule has 0 aromatic heterocycles. The van der Waals surface area contributed by atoms with Gasteiger partial charge in [-0.15, -0.1) is 0 Å². The van der Waals surface area contributed by atoms with Gasteiger partial charge in [0.1, 0.15) is 18.6 Å². The van der Waals surface area contributed by atoms with Crippen molar-refractivity contribution in [2.45, 2.75) is 31.6 Å². The molecule has 0 radical (unpaired) electrons. The zero-order chi connectivity index (χ0) is 14.4. The average Bonchev–Trinajstić information content (AvgIpc) is 2.48. The predicted octanol–water partition coefficient (Wildman–Crippen LogP) is 3.10. The van der Waals surface area contributed by atoms with Crippen molar-refractivity contribution in [2.24, 2.45) is 5.92 Å². The Balaban J connectivity index is 1.83. The van der Waals surface area contributed by atoms with Gasteiger partial charge in [-0.25, -0.2) is 0 Å². The Morgan fingerprint density at radius 1 is 1.15 bits per heavy atom. The van der Waals surface area contributed by atoms with E-state index in [-0.39, 0.29) is 0 Å². The summed E-state index contributed by atoms with van der Waals surface area (Å²) in [6.07, 6.45) is 5.46. The van der Waals surface area contributed by atoms with E-state index < -0.39 is 0 Å². The number of nitrogens with zero attached hydrogens (tertiary/aromatic N) is 1. The van der Waals surface area contributed by atoms with Crippen molar-refractivity contribution in [1.82, 2.24) is 4.90 Å². The van der Waals surface area contributed by atoms with Crippen LogP contribution in [0.1, 0.15) is 37.2 Å². The molecule has 2 rings (SSSR count). The number of hydrogen-bond donors (Lipinski definition) is 0. The highest BCUT2D eigenvalue weighted by Crippen LogP contribution is 2.35. The molecule has 3 nitrogen and oxygen atoms in total. The highest BCUT2D eigenvalue weighted by molar-refractivity contribution is 5.53. The summed E-state index contributed by atoms with van der Waals surface area (Å²) in [6.45, 7) is 1.65. The predicted molar refractivity (Wildman–Crippen MR) is 81.3 cm³/mol. The lowest BCUT2D eigenvalue weighted by molar-refractivity contribution is -0.111. The summed E-state index contributed by atoms with van der Waals surface area (Å²) in [5.74, 6) is 1.85. The molecule has 110 valence electrons. The fraction of sp³-hybridized carbons (Fsp3) is 0.588. The van der Waals surface area contributed by atoms with Gasteiger partial charge in [0.15, 0.2) is 0 Å². The lowest BCUT2D eigenvalue weighted by Gasteiger charge is -2.25. The molecule has 0 N–H and O–H groups in total. The van der Waals surface area contributed by atoms with Crippen LogP contribution in [0.25, 0.3) is 0 Å². The van der Waals surface area contributed by atoms with Crippen LogP contribution in [0.4, 0.5) is 0 Å².